The fourth-order valence-corrected chi connectivity index (χ4v) is 1.74. The van der Waals surface area contributed by atoms with Crippen LogP contribution in [-0.2, 0) is 0 Å². The van der Waals surface area contributed by atoms with Crippen molar-refractivity contribution in [3.8, 4) is 5.75 Å². The number of hydrogen-bond donors (Lipinski definition) is 1. The second kappa shape index (κ2) is 4.06. The molecule has 90 valence electrons. The first kappa shape index (κ1) is 12.0. The quantitative estimate of drug-likeness (QED) is 0.879. The van der Waals surface area contributed by atoms with E-state index in [-0.39, 0.29) is 15.4 Å². The molecule has 7 heteroatoms. The van der Waals surface area contributed by atoms with Crippen molar-refractivity contribution in [1.29, 1.82) is 0 Å². The van der Waals surface area contributed by atoms with Crippen molar-refractivity contribution in [3.05, 3.63) is 39.1 Å². The van der Waals surface area contributed by atoms with E-state index in [1.54, 1.807) is 0 Å². The Morgan fingerprint density at radius 2 is 2.00 bits per heavy atom. The number of pyridine rings is 1. The zero-order chi connectivity index (χ0) is 12.6. The number of fused-ring (bicyclic) bond motifs is 1. The second-order valence-corrected chi connectivity index (χ2v) is 4.05. The Morgan fingerprint density at radius 3 is 2.65 bits per heavy atom. The Kier molecular flexibility index (Phi) is 2.86. The minimum atomic E-state index is -4.79. The number of hydrogen-bond acceptors (Lipinski definition) is 2. The molecule has 0 bridgehead atoms. The molecule has 2 rings (SSSR count). The lowest BCUT2D eigenvalue weighted by Gasteiger charge is -2.10. The molecule has 17 heavy (non-hydrogen) atoms. The molecule has 0 saturated heterocycles. The van der Waals surface area contributed by atoms with Gasteiger partial charge >= 0.3 is 6.36 Å². The summed E-state index contributed by atoms with van der Waals surface area (Å²) in [5.41, 5.74) is -0.385. The van der Waals surface area contributed by atoms with Crippen LogP contribution < -0.4 is 10.2 Å². The number of nitrogens with one attached hydrogen (secondary N) is 1. The number of para-hydroxylation sites is 1. The van der Waals surface area contributed by atoms with E-state index in [9.17, 15) is 18.0 Å². The predicted octanol–water partition coefficient (Wildman–Crippen LogP) is 3.19. The van der Waals surface area contributed by atoms with E-state index < -0.39 is 17.5 Å². The van der Waals surface area contributed by atoms with Crippen LogP contribution in [0.5, 0.6) is 5.75 Å². The lowest BCUT2D eigenvalue weighted by atomic mass is 10.2. The van der Waals surface area contributed by atoms with E-state index >= 15 is 0 Å². The largest absolute Gasteiger partial charge is 0.573 e. The fraction of sp³-hybridized carbons (Fsp3) is 0.100. The zero-order valence-corrected chi connectivity index (χ0v) is 9.72. The molecule has 0 aliphatic carbocycles. The van der Waals surface area contributed by atoms with E-state index in [0.29, 0.717) is 0 Å². The normalized spacial score (nSPS) is 11.8. The molecule has 0 atom stereocenters. The number of H-pyrrole nitrogens is 1. The van der Waals surface area contributed by atoms with Crippen molar-refractivity contribution < 1.29 is 17.9 Å². The van der Waals surface area contributed by atoms with Crippen LogP contribution in [0.2, 0.25) is 0 Å². The standard InChI is InChI=1S/C10H5BrF3NO2/c11-6-4-15-8-5(9(6)16)2-1-3-7(8)17-10(12,13)14/h1-4H,(H,15,16). The maximum atomic E-state index is 12.1. The van der Waals surface area contributed by atoms with Gasteiger partial charge in [0.25, 0.3) is 0 Å². The predicted molar refractivity (Wildman–Crippen MR) is 59.0 cm³/mol. The highest BCUT2D eigenvalue weighted by Gasteiger charge is 2.32. The van der Waals surface area contributed by atoms with E-state index in [2.05, 4.69) is 25.7 Å². The van der Waals surface area contributed by atoms with E-state index in [1.165, 1.54) is 18.3 Å². The summed E-state index contributed by atoms with van der Waals surface area (Å²) in [6.45, 7) is 0. The molecular weight excluding hydrogens is 303 g/mol. The first-order chi connectivity index (χ1) is 7.88. The molecule has 3 nitrogen and oxygen atoms in total. The lowest BCUT2D eigenvalue weighted by molar-refractivity contribution is -0.274. The van der Waals surface area contributed by atoms with Gasteiger partial charge < -0.3 is 9.72 Å². The van der Waals surface area contributed by atoms with E-state index in [4.69, 9.17) is 0 Å². The van der Waals surface area contributed by atoms with Crippen LogP contribution in [0, 0.1) is 0 Å². The Morgan fingerprint density at radius 1 is 1.29 bits per heavy atom. The van der Waals surface area contributed by atoms with Crippen LogP contribution in [0.3, 0.4) is 0 Å². The third-order valence-electron chi connectivity index (χ3n) is 2.06. The smallest absolute Gasteiger partial charge is 0.404 e. The highest BCUT2D eigenvalue weighted by atomic mass is 79.9. The Balaban J connectivity index is 2.67. The topological polar surface area (TPSA) is 42.1 Å². The van der Waals surface area contributed by atoms with Gasteiger partial charge in [-0.25, -0.2) is 0 Å². The van der Waals surface area contributed by atoms with Gasteiger partial charge in [-0.2, -0.15) is 0 Å². The lowest BCUT2D eigenvalue weighted by Crippen LogP contribution is -2.18. The van der Waals surface area contributed by atoms with Crippen molar-refractivity contribution in [3.63, 3.8) is 0 Å². The van der Waals surface area contributed by atoms with E-state index in [0.717, 1.165) is 6.07 Å². The number of aromatic amines is 1. The van der Waals surface area contributed by atoms with Crippen molar-refractivity contribution in [2.45, 2.75) is 6.36 Å². The molecule has 1 aromatic heterocycles. The zero-order valence-electron chi connectivity index (χ0n) is 8.14. The molecule has 0 fully saturated rings. The summed E-state index contributed by atoms with van der Waals surface area (Å²) in [6.07, 6.45) is -3.52. The van der Waals surface area contributed by atoms with Gasteiger partial charge in [0.15, 0.2) is 5.75 Å². The van der Waals surface area contributed by atoms with Gasteiger partial charge in [-0.1, -0.05) is 6.07 Å². The van der Waals surface area contributed by atoms with Crippen LogP contribution in [0.4, 0.5) is 13.2 Å². The van der Waals surface area contributed by atoms with Gasteiger partial charge in [-0.15, -0.1) is 13.2 Å². The Labute approximate surface area is 101 Å². The summed E-state index contributed by atoms with van der Waals surface area (Å²) in [4.78, 5) is 14.2. The van der Waals surface area contributed by atoms with Crippen molar-refractivity contribution >= 4 is 26.8 Å². The van der Waals surface area contributed by atoms with Gasteiger partial charge in [0.2, 0.25) is 5.43 Å². The van der Waals surface area contributed by atoms with Crippen LogP contribution in [0.15, 0.2) is 33.7 Å². The van der Waals surface area contributed by atoms with Gasteiger partial charge in [-0.05, 0) is 28.1 Å². The SMILES string of the molecule is O=c1c(Br)c[nH]c2c(OC(F)(F)F)cccc12. The second-order valence-electron chi connectivity index (χ2n) is 3.19. The molecule has 1 N–H and O–H groups in total. The number of rotatable bonds is 1. The highest BCUT2D eigenvalue weighted by Crippen LogP contribution is 2.28. The monoisotopic (exact) mass is 307 g/mol. The van der Waals surface area contributed by atoms with Crippen LogP contribution in [0.25, 0.3) is 10.9 Å². The molecule has 0 aliphatic heterocycles. The maximum Gasteiger partial charge on any atom is 0.573 e. The van der Waals surface area contributed by atoms with Crippen LogP contribution in [0.1, 0.15) is 0 Å². The highest BCUT2D eigenvalue weighted by molar-refractivity contribution is 9.10. The summed E-state index contributed by atoms with van der Waals surface area (Å²) >= 11 is 3.00. The molecule has 1 heterocycles. The summed E-state index contributed by atoms with van der Waals surface area (Å²) in [5.74, 6) is -0.431. The summed E-state index contributed by atoms with van der Waals surface area (Å²) in [5, 5.41) is 0.126. The number of alkyl halides is 3. The summed E-state index contributed by atoms with van der Waals surface area (Å²) < 4.78 is 40.4. The number of ether oxygens (including phenoxy) is 1. The molecule has 2 aromatic rings. The van der Waals surface area contributed by atoms with Gasteiger partial charge in [0, 0.05) is 6.20 Å². The van der Waals surface area contributed by atoms with Crippen molar-refractivity contribution in [1.82, 2.24) is 4.98 Å². The molecule has 0 unspecified atom stereocenters. The minimum absolute atomic E-state index is 0.0121. The first-order valence-electron chi connectivity index (χ1n) is 4.44. The molecule has 0 spiro atoms. The van der Waals surface area contributed by atoms with Crippen LogP contribution >= 0.6 is 15.9 Å². The number of aromatic nitrogens is 1. The maximum absolute atomic E-state index is 12.1. The molecular formula is C10H5BrF3NO2. The Bertz CT molecular complexity index is 621. The molecule has 0 saturated carbocycles. The van der Waals surface area contributed by atoms with Gasteiger partial charge in [0.05, 0.1) is 15.4 Å². The summed E-state index contributed by atoms with van der Waals surface area (Å²) in [6, 6.07) is 3.88. The Hall–Kier alpha value is -1.50. The minimum Gasteiger partial charge on any atom is -0.404 e. The van der Waals surface area contributed by atoms with Gasteiger partial charge in [0.1, 0.15) is 0 Å². The average molecular weight is 308 g/mol. The number of benzene rings is 1. The molecule has 0 aliphatic rings. The third-order valence-corrected chi connectivity index (χ3v) is 2.65. The molecule has 1 aromatic carbocycles. The first-order valence-corrected chi connectivity index (χ1v) is 5.23. The van der Waals surface area contributed by atoms with Gasteiger partial charge in [-0.3, -0.25) is 4.79 Å². The fourth-order valence-electron chi connectivity index (χ4n) is 1.41. The van der Waals surface area contributed by atoms with Crippen molar-refractivity contribution in [2.24, 2.45) is 0 Å². The van der Waals surface area contributed by atoms with Crippen LogP contribution in [-0.4, -0.2) is 11.3 Å². The van der Waals surface area contributed by atoms with E-state index in [1.807, 2.05) is 0 Å². The average Bonchev–Trinajstić information content (AvgIpc) is 2.22. The summed E-state index contributed by atoms with van der Waals surface area (Å²) in [7, 11) is 0. The van der Waals surface area contributed by atoms with Crippen molar-refractivity contribution in [2.75, 3.05) is 0 Å². The molecule has 0 amide bonds. The molecule has 0 radical (unpaired) electrons. The number of halogens is 4. The third kappa shape index (κ3) is 2.44.